The third-order valence-electron chi connectivity index (χ3n) is 2.85. The molecule has 2 rings (SSSR count). The molecule has 0 spiro atoms. The number of benzene rings is 1. The fourth-order valence-corrected chi connectivity index (χ4v) is 2.08. The van der Waals surface area contributed by atoms with E-state index in [1.165, 1.54) is 0 Å². The standard InChI is InChI=1S/C12H15F2NO/c13-10-7-11(14)12-9(4-2-6-16-12)8(10)3-1-5-15/h7H,1-6,15H2. The molecule has 0 amide bonds. The quantitative estimate of drug-likeness (QED) is 0.859. The molecule has 2 nitrogen and oxygen atoms in total. The zero-order valence-corrected chi connectivity index (χ0v) is 9.06. The van der Waals surface area contributed by atoms with E-state index in [0.29, 0.717) is 43.5 Å². The molecule has 88 valence electrons. The van der Waals surface area contributed by atoms with Gasteiger partial charge in [0.25, 0.3) is 0 Å². The minimum atomic E-state index is -0.594. The Balaban J connectivity index is 2.41. The first-order chi connectivity index (χ1) is 7.74. The van der Waals surface area contributed by atoms with Crippen molar-refractivity contribution in [2.45, 2.75) is 25.7 Å². The number of halogens is 2. The summed E-state index contributed by atoms with van der Waals surface area (Å²) in [5, 5.41) is 0. The fourth-order valence-electron chi connectivity index (χ4n) is 2.08. The molecule has 1 aromatic rings. The van der Waals surface area contributed by atoms with Crippen molar-refractivity contribution in [3.63, 3.8) is 0 Å². The van der Waals surface area contributed by atoms with Crippen LogP contribution in [0.4, 0.5) is 8.78 Å². The summed E-state index contributed by atoms with van der Waals surface area (Å²) in [4.78, 5) is 0. The van der Waals surface area contributed by atoms with Gasteiger partial charge in [-0.1, -0.05) is 0 Å². The summed E-state index contributed by atoms with van der Waals surface area (Å²) in [5.74, 6) is -0.835. The first kappa shape index (κ1) is 11.3. The summed E-state index contributed by atoms with van der Waals surface area (Å²) < 4.78 is 32.3. The van der Waals surface area contributed by atoms with Crippen LogP contribution in [-0.4, -0.2) is 13.2 Å². The lowest BCUT2D eigenvalue weighted by Gasteiger charge is -2.21. The average molecular weight is 227 g/mol. The van der Waals surface area contributed by atoms with E-state index >= 15 is 0 Å². The lowest BCUT2D eigenvalue weighted by atomic mass is 9.96. The Morgan fingerprint density at radius 2 is 2.12 bits per heavy atom. The maximum Gasteiger partial charge on any atom is 0.168 e. The van der Waals surface area contributed by atoms with Crippen molar-refractivity contribution in [1.29, 1.82) is 0 Å². The highest BCUT2D eigenvalue weighted by Gasteiger charge is 2.21. The molecule has 1 heterocycles. The van der Waals surface area contributed by atoms with E-state index in [-0.39, 0.29) is 5.75 Å². The summed E-state index contributed by atoms with van der Waals surface area (Å²) in [6, 6.07) is 0.913. The molecule has 4 heteroatoms. The number of fused-ring (bicyclic) bond motifs is 1. The van der Waals surface area contributed by atoms with Crippen LogP contribution in [0.1, 0.15) is 24.0 Å². The van der Waals surface area contributed by atoms with Crippen LogP contribution >= 0.6 is 0 Å². The molecular formula is C12H15F2NO. The van der Waals surface area contributed by atoms with E-state index in [2.05, 4.69) is 0 Å². The van der Waals surface area contributed by atoms with Crippen LogP contribution in [-0.2, 0) is 12.8 Å². The van der Waals surface area contributed by atoms with E-state index in [9.17, 15) is 8.78 Å². The Hall–Kier alpha value is -1.16. The van der Waals surface area contributed by atoms with Crippen molar-refractivity contribution in [3.8, 4) is 5.75 Å². The molecule has 2 N–H and O–H groups in total. The molecule has 0 aromatic heterocycles. The Morgan fingerprint density at radius 3 is 2.88 bits per heavy atom. The van der Waals surface area contributed by atoms with E-state index in [1.807, 2.05) is 0 Å². The lowest BCUT2D eigenvalue weighted by Crippen LogP contribution is -2.14. The van der Waals surface area contributed by atoms with Crippen LogP contribution in [0.3, 0.4) is 0 Å². The van der Waals surface area contributed by atoms with Crippen molar-refractivity contribution in [1.82, 2.24) is 0 Å². The van der Waals surface area contributed by atoms with Gasteiger partial charge in [0, 0.05) is 11.6 Å². The van der Waals surface area contributed by atoms with Gasteiger partial charge in [0.1, 0.15) is 5.82 Å². The average Bonchev–Trinajstić information content (AvgIpc) is 2.29. The fraction of sp³-hybridized carbons (Fsp3) is 0.500. The molecule has 1 aliphatic rings. The van der Waals surface area contributed by atoms with E-state index in [1.54, 1.807) is 0 Å². The van der Waals surface area contributed by atoms with Crippen molar-refractivity contribution in [2.75, 3.05) is 13.2 Å². The number of ether oxygens (including phenoxy) is 1. The number of nitrogens with two attached hydrogens (primary N) is 1. The molecule has 0 aliphatic carbocycles. The SMILES string of the molecule is NCCCc1c(F)cc(F)c2c1CCCO2. The second kappa shape index (κ2) is 4.78. The van der Waals surface area contributed by atoms with Crippen LogP contribution in [0.15, 0.2) is 6.07 Å². The maximum atomic E-state index is 13.6. The van der Waals surface area contributed by atoms with Gasteiger partial charge in [-0.05, 0) is 37.8 Å². The second-order valence-corrected chi connectivity index (χ2v) is 3.97. The summed E-state index contributed by atoms with van der Waals surface area (Å²) in [6.07, 6.45) is 2.75. The second-order valence-electron chi connectivity index (χ2n) is 3.97. The normalized spacial score (nSPS) is 14.4. The summed E-state index contributed by atoms with van der Waals surface area (Å²) >= 11 is 0. The van der Waals surface area contributed by atoms with E-state index in [4.69, 9.17) is 10.5 Å². The van der Waals surface area contributed by atoms with Gasteiger partial charge in [-0.2, -0.15) is 0 Å². The monoisotopic (exact) mass is 227 g/mol. The minimum Gasteiger partial charge on any atom is -0.490 e. The van der Waals surface area contributed by atoms with Gasteiger partial charge in [-0.3, -0.25) is 0 Å². The Bertz CT molecular complexity index is 393. The first-order valence-electron chi connectivity index (χ1n) is 5.56. The van der Waals surface area contributed by atoms with E-state index in [0.717, 1.165) is 12.5 Å². The molecule has 0 radical (unpaired) electrons. The molecule has 0 atom stereocenters. The van der Waals surface area contributed by atoms with Gasteiger partial charge in [0.05, 0.1) is 6.61 Å². The van der Waals surface area contributed by atoms with Crippen molar-refractivity contribution >= 4 is 0 Å². The molecule has 1 aromatic carbocycles. The van der Waals surface area contributed by atoms with Crippen LogP contribution in [0, 0.1) is 11.6 Å². The van der Waals surface area contributed by atoms with Gasteiger partial charge in [0.2, 0.25) is 0 Å². The van der Waals surface area contributed by atoms with Crippen LogP contribution in [0.5, 0.6) is 5.75 Å². The zero-order valence-electron chi connectivity index (χ0n) is 9.06. The molecular weight excluding hydrogens is 212 g/mol. The predicted molar refractivity (Wildman–Crippen MR) is 57.5 cm³/mol. The number of hydrogen-bond donors (Lipinski definition) is 1. The highest BCUT2D eigenvalue weighted by Crippen LogP contribution is 2.33. The molecule has 0 saturated carbocycles. The van der Waals surface area contributed by atoms with Crippen molar-refractivity contribution in [2.24, 2.45) is 5.73 Å². The lowest BCUT2D eigenvalue weighted by molar-refractivity contribution is 0.270. The van der Waals surface area contributed by atoms with Gasteiger partial charge in [-0.15, -0.1) is 0 Å². The summed E-state index contributed by atoms with van der Waals surface area (Å²) in [5.41, 5.74) is 6.67. The van der Waals surface area contributed by atoms with Gasteiger partial charge in [0.15, 0.2) is 11.6 Å². The number of hydrogen-bond acceptors (Lipinski definition) is 2. The minimum absolute atomic E-state index is 0.236. The first-order valence-corrected chi connectivity index (χ1v) is 5.56. The Kier molecular flexibility index (Phi) is 3.39. The van der Waals surface area contributed by atoms with Crippen molar-refractivity contribution in [3.05, 3.63) is 28.8 Å². The van der Waals surface area contributed by atoms with Crippen LogP contribution < -0.4 is 10.5 Å². The topological polar surface area (TPSA) is 35.2 Å². The van der Waals surface area contributed by atoms with Crippen molar-refractivity contribution < 1.29 is 13.5 Å². The highest BCUT2D eigenvalue weighted by atomic mass is 19.1. The van der Waals surface area contributed by atoms with Gasteiger partial charge >= 0.3 is 0 Å². The maximum absolute atomic E-state index is 13.6. The van der Waals surface area contributed by atoms with E-state index < -0.39 is 11.6 Å². The molecule has 0 saturated heterocycles. The molecule has 0 fully saturated rings. The highest BCUT2D eigenvalue weighted by molar-refractivity contribution is 5.43. The van der Waals surface area contributed by atoms with Crippen LogP contribution in [0.2, 0.25) is 0 Å². The van der Waals surface area contributed by atoms with Crippen LogP contribution in [0.25, 0.3) is 0 Å². The third-order valence-corrected chi connectivity index (χ3v) is 2.85. The van der Waals surface area contributed by atoms with Gasteiger partial charge in [-0.25, -0.2) is 8.78 Å². The zero-order chi connectivity index (χ0) is 11.5. The Labute approximate surface area is 93.4 Å². The van der Waals surface area contributed by atoms with Gasteiger partial charge < -0.3 is 10.5 Å². The Morgan fingerprint density at radius 1 is 1.31 bits per heavy atom. The smallest absolute Gasteiger partial charge is 0.168 e. The molecule has 16 heavy (non-hydrogen) atoms. The predicted octanol–water partition coefficient (Wildman–Crippen LogP) is 2.18. The molecule has 1 aliphatic heterocycles. The third kappa shape index (κ3) is 2.02. The summed E-state index contributed by atoms with van der Waals surface area (Å²) in [6.45, 7) is 1.01. The summed E-state index contributed by atoms with van der Waals surface area (Å²) in [7, 11) is 0. The molecule has 0 unspecified atom stereocenters. The molecule has 0 bridgehead atoms. The number of rotatable bonds is 3. The largest absolute Gasteiger partial charge is 0.490 e.